The van der Waals surface area contributed by atoms with Crippen molar-refractivity contribution in [3.05, 3.63) is 112 Å². The molecule has 1 N–H and O–H groups in total. The molecule has 1 heterocycles. The zero-order valence-electron chi connectivity index (χ0n) is 18.3. The molecule has 3 heteroatoms. The van der Waals surface area contributed by atoms with Crippen molar-refractivity contribution >= 4 is 34.4 Å². The highest BCUT2D eigenvalue weighted by Crippen LogP contribution is 2.36. The van der Waals surface area contributed by atoms with Gasteiger partial charge in [-0.1, -0.05) is 67.6 Å². The van der Waals surface area contributed by atoms with Gasteiger partial charge < -0.3 is 10.0 Å². The second-order valence-electron chi connectivity index (χ2n) is 8.06. The summed E-state index contributed by atoms with van der Waals surface area (Å²) in [6.07, 6.45) is 8.53. The Morgan fingerprint density at radius 2 is 1.69 bits per heavy atom. The van der Waals surface area contributed by atoms with Gasteiger partial charge in [0.25, 0.3) is 0 Å². The predicted octanol–water partition coefficient (Wildman–Crippen LogP) is 6.62. The molecular weight excluding hydrogens is 394 g/mol. The first-order chi connectivity index (χ1) is 15.6. The number of para-hydroxylation sites is 1. The number of hydrogen-bond acceptors (Lipinski definition) is 3. The van der Waals surface area contributed by atoms with Crippen LogP contribution in [0.25, 0.3) is 22.9 Å². The lowest BCUT2D eigenvalue weighted by Gasteiger charge is -2.30. The van der Waals surface area contributed by atoms with E-state index < -0.39 is 0 Å². The third-order valence-corrected chi connectivity index (χ3v) is 6.31. The smallest absolute Gasteiger partial charge is 0.200 e. The lowest BCUT2D eigenvalue weighted by molar-refractivity contribution is -0.113. The van der Waals surface area contributed by atoms with Gasteiger partial charge in [-0.15, -0.1) is 0 Å². The number of carbonyl (C=O) groups excluding carboxylic acids is 1. The van der Waals surface area contributed by atoms with Crippen molar-refractivity contribution in [1.29, 1.82) is 0 Å². The maximum Gasteiger partial charge on any atom is 0.200 e. The van der Waals surface area contributed by atoms with Crippen LogP contribution in [0.1, 0.15) is 30.5 Å². The fourth-order valence-electron chi connectivity index (χ4n) is 4.65. The molecule has 2 aliphatic rings. The molecule has 3 aromatic carbocycles. The van der Waals surface area contributed by atoms with Gasteiger partial charge in [-0.05, 0) is 65.1 Å². The summed E-state index contributed by atoms with van der Waals surface area (Å²) in [5, 5.41) is 13.1. The molecule has 1 aliphatic heterocycles. The number of carbonyl (C=O) groups is 1. The molecular formula is C29H25NO2. The SMILES string of the molecule is CCc1c(C=C2C(=O)C(C=C3C=Cc4ccccc4N3CC)=C2O)ccc2ccccc12. The van der Waals surface area contributed by atoms with Crippen LogP contribution < -0.4 is 4.90 Å². The Balaban J connectivity index is 1.53. The lowest BCUT2D eigenvalue weighted by Crippen LogP contribution is -2.26. The molecule has 0 fully saturated rings. The van der Waals surface area contributed by atoms with Gasteiger partial charge in [0, 0.05) is 17.9 Å². The van der Waals surface area contributed by atoms with E-state index in [0.29, 0.717) is 11.1 Å². The molecule has 0 spiro atoms. The fourth-order valence-corrected chi connectivity index (χ4v) is 4.65. The molecule has 0 atom stereocenters. The normalized spacial score (nSPS) is 17.9. The number of anilines is 1. The maximum absolute atomic E-state index is 13.0. The zero-order chi connectivity index (χ0) is 22.2. The number of likely N-dealkylation sites (N-methyl/N-ethyl adjacent to an activating group) is 1. The van der Waals surface area contributed by atoms with Gasteiger partial charge in [-0.2, -0.15) is 0 Å². The Kier molecular flexibility index (Phi) is 5.02. The molecule has 5 rings (SSSR count). The van der Waals surface area contributed by atoms with Crippen LogP contribution in [0.5, 0.6) is 0 Å². The molecule has 0 amide bonds. The highest BCUT2D eigenvalue weighted by atomic mass is 16.3. The van der Waals surface area contributed by atoms with Gasteiger partial charge in [0.1, 0.15) is 5.76 Å². The van der Waals surface area contributed by atoms with Gasteiger partial charge in [-0.3, -0.25) is 4.79 Å². The molecule has 1 aliphatic carbocycles. The fraction of sp³-hybridized carbons (Fsp3) is 0.138. The summed E-state index contributed by atoms with van der Waals surface area (Å²) in [5.74, 6) is -0.0467. The van der Waals surface area contributed by atoms with Crippen molar-refractivity contribution in [2.45, 2.75) is 20.3 Å². The van der Waals surface area contributed by atoms with Crippen LogP contribution in [-0.2, 0) is 11.2 Å². The van der Waals surface area contributed by atoms with Gasteiger partial charge in [-0.25, -0.2) is 0 Å². The minimum atomic E-state index is -0.117. The molecule has 158 valence electrons. The Morgan fingerprint density at radius 1 is 0.906 bits per heavy atom. The number of allylic oxidation sites excluding steroid dienone is 4. The largest absolute Gasteiger partial charge is 0.506 e. The minimum Gasteiger partial charge on any atom is -0.506 e. The highest BCUT2D eigenvalue weighted by Gasteiger charge is 2.33. The molecule has 3 nitrogen and oxygen atoms in total. The summed E-state index contributed by atoms with van der Waals surface area (Å²) in [4.78, 5) is 15.1. The van der Waals surface area contributed by atoms with Crippen molar-refractivity contribution in [3.8, 4) is 0 Å². The van der Waals surface area contributed by atoms with Crippen LogP contribution in [0.15, 0.2) is 95.4 Å². The number of rotatable bonds is 4. The first-order valence-corrected chi connectivity index (χ1v) is 11.1. The van der Waals surface area contributed by atoms with Gasteiger partial charge in [0.05, 0.1) is 11.1 Å². The quantitative estimate of drug-likeness (QED) is 0.483. The summed E-state index contributed by atoms with van der Waals surface area (Å²) in [5.41, 5.74) is 6.07. The Bertz CT molecular complexity index is 1370. The van der Waals surface area contributed by atoms with Crippen LogP contribution in [-0.4, -0.2) is 17.4 Å². The third kappa shape index (κ3) is 3.18. The lowest BCUT2D eigenvalue weighted by atomic mass is 9.84. The summed E-state index contributed by atoms with van der Waals surface area (Å²) < 4.78 is 0. The maximum atomic E-state index is 13.0. The standard InChI is InChI=1S/C29H25NO2/c1-3-23-21(14-13-19-9-5-7-11-24(19)23)17-25-28(31)26(29(25)32)18-22-16-15-20-10-6-8-12-27(20)30(22)4-2/h5-18,31H,3-4H2,1-2H3. The average molecular weight is 420 g/mol. The van der Waals surface area contributed by atoms with Crippen molar-refractivity contribution in [2.75, 3.05) is 11.4 Å². The number of aliphatic hydroxyl groups excluding tert-OH is 1. The molecule has 0 radical (unpaired) electrons. The topological polar surface area (TPSA) is 40.5 Å². The van der Waals surface area contributed by atoms with Crippen LogP contribution in [0.3, 0.4) is 0 Å². The van der Waals surface area contributed by atoms with Crippen molar-refractivity contribution in [3.63, 3.8) is 0 Å². The second-order valence-corrected chi connectivity index (χ2v) is 8.06. The van der Waals surface area contributed by atoms with Crippen LogP contribution >= 0.6 is 0 Å². The molecule has 32 heavy (non-hydrogen) atoms. The van der Waals surface area contributed by atoms with E-state index in [1.165, 1.54) is 16.3 Å². The molecule has 0 unspecified atom stereocenters. The predicted molar refractivity (Wildman–Crippen MR) is 133 cm³/mol. The Morgan fingerprint density at radius 3 is 2.47 bits per heavy atom. The summed E-state index contributed by atoms with van der Waals surface area (Å²) in [6, 6.07) is 20.5. The number of aryl methyl sites for hydroxylation is 1. The van der Waals surface area contributed by atoms with E-state index >= 15 is 0 Å². The van der Waals surface area contributed by atoms with Crippen molar-refractivity contribution in [2.24, 2.45) is 0 Å². The number of aliphatic hydroxyl groups is 1. The summed E-state index contributed by atoms with van der Waals surface area (Å²) in [6.45, 7) is 4.97. The number of benzene rings is 3. The molecule has 0 saturated heterocycles. The summed E-state index contributed by atoms with van der Waals surface area (Å²) >= 11 is 0. The first-order valence-electron chi connectivity index (χ1n) is 11.1. The average Bonchev–Trinajstić information content (AvgIpc) is 2.84. The third-order valence-electron chi connectivity index (χ3n) is 6.31. The highest BCUT2D eigenvalue weighted by molar-refractivity contribution is 6.23. The van der Waals surface area contributed by atoms with Crippen molar-refractivity contribution in [1.82, 2.24) is 0 Å². The number of nitrogens with zero attached hydrogens (tertiary/aromatic N) is 1. The van der Waals surface area contributed by atoms with Gasteiger partial charge >= 0.3 is 0 Å². The first kappa shape index (κ1) is 20.1. The van der Waals surface area contributed by atoms with E-state index in [1.807, 2.05) is 48.6 Å². The van der Waals surface area contributed by atoms with Crippen molar-refractivity contribution < 1.29 is 9.90 Å². The van der Waals surface area contributed by atoms with E-state index in [0.717, 1.165) is 35.5 Å². The number of ketones is 1. The van der Waals surface area contributed by atoms with Gasteiger partial charge in [0.15, 0.2) is 0 Å². The second kappa shape index (κ2) is 8.01. The number of fused-ring (bicyclic) bond motifs is 2. The monoisotopic (exact) mass is 419 g/mol. The number of Topliss-reactive ketones (excluding diaryl/α,β-unsaturated/α-hetero) is 1. The molecule has 0 aromatic heterocycles. The van der Waals surface area contributed by atoms with E-state index in [9.17, 15) is 9.90 Å². The van der Waals surface area contributed by atoms with E-state index in [4.69, 9.17) is 0 Å². The Hall–Kier alpha value is -3.85. The molecule has 0 saturated carbocycles. The molecule has 3 aromatic rings. The molecule has 0 bridgehead atoms. The van der Waals surface area contributed by atoms with Crippen LogP contribution in [0, 0.1) is 0 Å². The summed E-state index contributed by atoms with van der Waals surface area (Å²) in [7, 11) is 0. The number of hydrogen-bond donors (Lipinski definition) is 1. The van der Waals surface area contributed by atoms with E-state index in [2.05, 4.69) is 49.1 Å². The van der Waals surface area contributed by atoms with Gasteiger partial charge in [0.2, 0.25) is 5.78 Å². The van der Waals surface area contributed by atoms with E-state index in [1.54, 1.807) is 6.08 Å². The van der Waals surface area contributed by atoms with E-state index in [-0.39, 0.29) is 11.5 Å². The minimum absolute atomic E-state index is 0.0704. The Labute approximate surface area is 188 Å². The zero-order valence-corrected chi connectivity index (χ0v) is 18.3. The van der Waals surface area contributed by atoms with Crippen LogP contribution in [0.4, 0.5) is 5.69 Å². The van der Waals surface area contributed by atoms with Crippen LogP contribution in [0.2, 0.25) is 0 Å².